The zero-order valence-electron chi connectivity index (χ0n) is 12.7. The van der Waals surface area contributed by atoms with Crippen LogP contribution >= 0.6 is 0 Å². The molecule has 0 atom stereocenters. The summed E-state index contributed by atoms with van der Waals surface area (Å²) in [4.78, 5) is 13.0. The number of fused-ring (bicyclic) bond motifs is 1. The first-order chi connectivity index (χ1) is 9.48. The van der Waals surface area contributed by atoms with Crippen LogP contribution < -0.4 is 11.3 Å². The molecule has 0 unspecified atom stereocenters. The zero-order chi connectivity index (χ0) is 14.3. The van der Waals surface area contributed by atoms with Gasteiger partial charge >= 0.3 is 0 Å². The van der Waals surface area contributed by atoms with E-state index in [0.29, 0.717) is 6.04 Å². The van der Waals surface area contributed by atoms with Gasteiger partial charge in [-0.1, -0.05) is 19.3 Å². The minimum absolute atomic E-state index is 0.171. The molecule has 0 bridgehead atoms. The van der Waals surface area contributed by atoms with Gasteiger partial charge in [-0.3, -0.25) is 4.79 Å². The molecule has 2 aliphatic carbocycles. The van der Waals surface area contributed by atoms with Gasteiger partial charge in [0.05, 0.1) is 0 Å². The van der Waals surface area contributed by atoms with Crippen molar-refractivity contribution < 1.29 is 0 Å². The van der Waals surface area contributed by atoms with Gasteiger partial charge in [0.2, 0.25) is 0 Å². The molecule has 1 aromatic rings. The van der Waals surface area contributed by atoms with Crippen LogP contribution in [0.3, 0.4) is 0 Å². The minimum Gasteiger partial charge on any atom is -0.322 e. The van der Waals surface area contributed by atoms with Gasteiger partial charge in [-0.25, -0.2) is 0 Å². The predicted octanol–water partition coefficient (Wildman–Crippen LogP) is 3.04. The second kappa shape index (κ2) is 5.03. The average Bonchev–Trinajstić information content (AvgIpc) is 2.85. The SMILES string of the molecule is CC(C)(N)c1cc2c(n(C3CCCCC3)c1=O)CCC2. The summed E-state index contributed by atoms with van der Waals surface area (Å²) in [5.41, 5.74) is 9.32. The predicted molar refractivity (Wildman–Crippen MR) is 82.1 cm³/mol. The van der Waals surface area contributed by atoms with Gasteiger partial charge in [0, 0.05) is 22.8 Å². The first-order valence-electron chi connectivity index (χ1n) is 8.05. The fourth-order valence-corrected chi connectivity index (χ4v) is 3.86. The van der Waals surface area contributed by atoms with Crippen LogP contribution in [0.5, 0.6) is 0 Å². The van der Waals surface area contributed by atoms with Crippen LogP contribution in [-0.2, 0) is 18.4 Å². The zero-order valence-corrected chi connectivity index (χ0v) is 12.7. The van der Waals surface area contributed by atoms with Gasteiger partial charge in [-0.15, -0.1) is 0 Å². The molecule has 20 heavy (non-hydrogen) atoms. The Morgan fingerprint density at radius 3 is 2.50 bits per heavy atom. The van der Waals surface area contributed by atoms with Crippen LogP contribution in [-0.4, -0.2) is 4.57 Å². The third-order valence-electron chi connectivity index (χ3n) is 4.92. The van der Waals surface area contributed by atoms with Gasteiger partial charge < -0.3 is 10.3 Å². The van der Waals surface area contributed by atoms with E-state index in [1.165, 1.54) is 36.9 Å². The van der Waals surface area contributed by atoms with E-state index in [1.54, 1.807) is 0 Å². The highest BCUT2D eigenvalue weighted by Gasteiger charge is 2.28. The molecule has 110 valence electrons. The number of aryl methyl sites for hydroxylation is 1. The van der Waals surface area contributed by atoms with E-state index >= 15 is 0 Å². The lowest BCUT2D eigenvalue weighted by Crippen LogP contribution is -2.40. The Kier molecular flexibility index (Phi) is 3.49. The molecule has 0 aromatic carbocycles. The Hall–Kier alpha value is -1.09. The first-order valence-corrected chi connectivity index (χ1v) is 8.05. The van der Waals surface area contributed by atoms with E-state index in [0.717, 1.165) is 31.2 Å². The van der Waals surface area contributed by atoms with Crippen LogP contribution in [0.2, 0.25) is 0 Å². The lowest BCUT2D eigenvalue weighted by molar-refractivity contribution is 0.336. The molecule has 2 N–H and O–H groups in total. The summed E-state index contributed by atoms with van der Waals surface area (Å²) in [5.74, 6) is 0. The summed E-state index contributed by atoms with van der Waals surface area (Å²) in [6.45, 7) is 3.88. The third-order valence-corrected chi connectivity index (χ3v) is 4.92. The largest absolute Gasteiger partial charge is 0.322 e. The van der Waals surface area contributed by atoms with E-state index in [-0.39, 0.29) is 5.56 Å². The number of nitrogens with two attached hydrogens (primary N) is 1. The molecule has 3 rings (SSSR count). The topological polar surface area (TPSA) is 48.0 Å². The molecular formula is C17H26N2O. The van der Waals surface area contributed by atoms with E-state index in [1.807, 2.05) is 13.8 Å². The maximum absolute atomic E-state index is 13.0. The summed E-state index contributed by atoms with van der Waals surface area (Å²) in [6.07, 6.45) is 9.47. The van der Waals surface area contributed by atoms with Gasteiger partial charge in [0.1, 0.15) is 0 Å². The number of aromatic nitrogens is 1. The summed E-state index contributed by atoms with van der Waals surface area (Å²) in [5, 5.41) is 0. The van der Waals surface area contributed by atoms with Crippen molar-refractivity contribution in [1.29, 1.82) is 0 Å². The number of nitrogens with zero attached hydrogens (tertiary/aromatic N) is 1. The van der Waals surface area contributed by atoms with Crippen LogP contribution in [0.25, 0.3) is 0 Å². The quantitative estimate of drug-likeness (QED) is 0.901. The molecule has 1 fully saturated rings. The smallest absolute Gasteiger partial charge is 0.256 e. The Bertz CT molecular complexity index is 560. The molecular weight excluding hydrogens is 248 g/mol. The average molecular weight is 274 g/mol. The fourth-order valence-electron chi connectivity index (χ4n) is 3.86. The van der Waals surface area contributed by atoms with E-state index in [2.05, 4.69) is 10.6 Å². The monoisotopic (exact) mass is 274 g/mol. The van der Waals surface area contributed by atoms with Gasteiger partial charge in [0.15, 0.2) is 0 Å². The van der Waals surface area contributed by atoms with Crippen molar-refractivity contribution in [2.24, 2.45) is 5.73 Å². The van der Waals surface area contributed by atoms with Crippen molar-refractivity contribution >= 4 is 0 Å². The van der Waals surface area contributed by atoms with Crippen molar-refractivity contribution in [3.63, 3.8) is 0 Å². The fraction of sp³-hybridized carbons (Fsp3) is 0.706. The Morgan fingerprint density at radius 1 is 1.15 bits per heavy atom. The minimum atomic E-state index is -0.550. The molecule has 0 saturated heterocycles. The van der Waals surface area contributed by atoms with E-state index < -0.39 is 5.54 Å². The Balaban J connectivity index is 2.16. The van der Waals surface area contributed by atoms with Crippen LogP contribution in [0.15, 0.2) is 10.9 Å². The Labute approximate surface area is 121 Å². The molecule has 0 spiro atoms. The highest BCUT2D eigenvalue weighted by Crippen LogP contribution is 2.32. The number of hydrogen-bond acceptors (Lipinski definition) is 2. The second-order valence-corrected chi connectivity index (χ2v) is 7.07. The summed E-state index contributed by atoms with van der Waals surface area (Å²) < 4.78 is 2.13. The summed E-state index contributed by atoms with van der Waals surface area (Å²) in [6, 6.07) is 2.50. The van der Waals surface area contributed by atoms with Crippen LogP contribution in [0.4, 0.5) is 0 Å². The maximum atomic E-state index is 13.0. The standard InChI is InChI=1S/C17H26N2O/c1-17(2,18)14-11-12-7-6-10-15(12)19(16(14)20)13-8-4-3-5-9-13/h11,13H,3-10,18H2,1-2H3. The number of pyridine rings is 1. The second-order valence-electron chi connectivity index (χ2n) is 7.07. The lowest BCUT2D eigenvalue weighted by atomic mass is 9.91. The molecule has 0 radical (unpaired) electrons. The summed E-state index contributed by atoms with van der Waals surface area (Å²) >= 11 is 0. The van der Waals surface area contributed by atoms with Crippen LogP contribution in [0, 0.1) is 0 Å². The van der Waals surface area contributed by atoms with Crippen molar-refractivity contribution in [1.82, 2.24) is 4.57 Å². The first kappa shape index (κ1) is 13.9. The number of hydrogen-bond donors (Lipinski definition) is 1. The number of rotatable bonds is 2. The normalized spacial score (nSPS) is 20.1. The van der Waals surface area contributed by atoms with Crippen molar-refractivity contribution in [2.75, 3.05) is 0 Å². The third kappa shape index (κ3) is 2.32. The molecule has 1 saturated carbocycles. The van der Waals surface area contributed by atoms with Gasteiger partial charge in [-0.05, 0) is 57.6 Å². The van der Waals surface area contributed by atoms with E-state index in [4.69, 9.17) is 5.73 Å². The Morgan fingerprint density at radius 2 is 1.85 bits per heavy atom. The molecule has 1 aromatic heterocycles. The van der Waals surface area contributed by atoms with Crippen molar-refractivity contribution in [3.8, 4) is 0 Å². The molecule has 1 heterocycles. The van der Waals surface area contributed by atoms with E-state index in [9.17, 15) is 4.79 Å². The molecule has 0 aliphatic heterocycles. The highest BCUT2D eigenvalue weighted by atomic mass is 16.1. The highest BCUT2D eigenvalue weighted by molar-refractivity contribution is 5.34. The molecule has 3 heteroatoms. The molecule has 3 nitrogen and oxygen atoms in total. The van der Waals surface area contributed by atoms with Crippen molar-refractivity contribution in [2.45, 2.75) is 76.8 Å². The maximum Gasteiger partial charge on any atom is 0.256 e. The molecule has 0 amide bonds. The lowest BCUT2D eigenvalue weighted by Gasteiger charge is -2.29. The van der Waals surface area contributed by atoms with Crippen molar-refractivity contribution in [3.05, 3.63) is 33.2 Å². The van der Waals surface area contributed by atoms with Gasteiger partial charge in [0.25, 0.3) is 5.56 Å². The van der Waals surface area contributed by atoms with Crippen LogP contribution in [0.1, 0.15) is 75.2 Å². The molecule has 2 aliphatic rings. The summed E-state index contributed by atoms with van der Waals surface area (Å²) in [7, 11) is 0. The van der Waals surface area contributed by atoms with Gasteiger partial charge in [-0.2, -0.15) is 0 Å².